The van der Waals surface area contributed by atoms with Crippen molar-refractivity contribution in [3.8, 4) is 11.3 Å². The number of benzene rings is 1. The lowest BCUT2D eigenvalue weighted by atomic mass is 10.1. The third-order valence-electron chi connectivity index (χ3n) is 3.71. The van der Waals surface area contributed by atoms with E-state index in [1.165, 1.54) is 11.0 Å². The standard InChI is InChI=1S/C15H13Cl2N3O4S/c1-25(23,24)15-18-12(9-3-2-8(16)6-11(9)17)10-7-20(4-5-21)14(22)13(10)19-15/h2-3,6,21H,4-5,7H2,1H3. The second kappa shape index (κ2) is 6.53. The number of β-amino-alcohol motifs (C(OH)–C–C–N with tert-alkyl or cyclic N) is 1. The lowest BCUT2D eigenvalue weighted by Gasteiger charge is -2.13. The van der Waals surface area contributed by atoms with Gasteiger partial charge >= 0.3 is 0 Å². The maximum Gasteiger partial charge on any atom is 0.273 e. The molecule has 0 bridgehead atoms. The van der Waals surface area contributed by atoms with Gasteiger partial charge in [0.1, 0.15) is 5.69 Å². The summed E-state index contributed by atoms with van der Waals surface area (Å²) in [7, 11) is -3.74. The highest BCUT2D eigenvalue weighted by molar-refractivity contribution is 7.90. The number of hydrogen-bond donors (Lipinski definition) is 1. The molecule has 1 aromatic carbocycles. The van der Waals surface area contributed by atoms with Gasteiger partial charge < -0.3 is 10.0 Å². The molecule has 7 nitrogen and oxygen atoms in total. The summed E-state index contributed by atoms with van der Waals surface area (Å²) in [5, 5.41) is 9.35. The summed E-state index contributed by atoms with van der Waals surface area (Å²) in [4.78, 5) is 21.9. The maximum atomic E-state index is 12.5. The van der Waals surface area contributed by atoms with Crippen LogP contribution in [0.25, 0.3) is 11.3 Å². The molecular weight excluding hydrogens is 389 g/mol. The van der Waals surface area contributed by atoms with Crippen molar-refractivity contribution in [3.63, 3.8) is 0 Å². The molecule has 1 N–H and O–H groups in total. The van der Waals surface area contributed by atoms with Gasteiger partial charge in [-0.1, -0.05) is 23.2 Å². The number of carbonyl (C=O) groups excluding carboxylic acids is 1. The van der Waals surface area contributed by atoms with Gasteiger partial charge in [0, 0.05) is 29.0 Å². The predicted molar refractivity (Wildman–Crippen MR) is 92.4 cm³/mol. The lowest BCUT2D eigenvalue weighted by molar-refractivity contribution is 0.0741. The van der Waals surface area contributed by atoms with Crippen molar-refractivity contribution < 1.29 is 18.3 Å². The molecule has 10 heteroatoms. The van der Waals surface area contributed by atoms with E-state index in [1.807, 2.05) is 0 Å². The molecule has 0 spiro atoms. The molecule has 0 aliphatic carbocycles. The Hall–Kier alpha value is -1.74. The first kappa shape index (κ1) is 18.1. The predicted octanol–water partition coefficient (Wildman–Crippen LogP) is 1.80. The van der Waals surface area contributed by atoms with Gasteiger partial charge in [0.15, 0.2) is 0 Å². The number of amides is 1. The molecule has 1 aromatic heterocycles. The number of sulfone groups is 1. The Kier molecular flexibility index (Phi) is 4.72. The third kappa shape index (κ3) is 3.35. The highest BCUT2D eigenvalue weighted by Crippen LogP contribution is 2.35. The molecule has 0 unspecified atom stereocenters. The first-order chi connectivity index (χ1) is 11.7. The van der Waals surface area contributed by atoms with Gasteiger partial charge in [-0.15, -0.1) is 0 Å². The van der Waals surface area contributed by atoms with Crippen LogP contribution in [0, 0.1) is 0 Å². The van der Waals surface area contributed by atoms with Gasteiger partial charge in [0.2, 0.25) is 15.0 Å². The molecule has 2 aromatic rings. The molecule has 25 heavy (non-hydrogen) atoms. The van der Waals surface area contributed by atoms with Gasteiger partial charge in [0.25, 0.3) is 5.91 Å². The van der Waals surface area contributed by atoms with Crippen LogP contribution < -0.4 is 0 Å². The van der Waals surface area contributed by atoms with Crippen molar-refractivity contribution in [2.75, 3.05) is 19.4 Å². The number of nitrogens with zero attached hydrogens (tertiary/aromatic N) is 3. The lowest BCUT2D eigenvalue weighted by Crippen LogP contribution is -2.27. The number of halogens is 2. The minimum Gasteiger partial charge on any atom is -0.395 e. The maximum absolute atomic E-state index is 12.5. The molecule has 2 heterocycles. The Morgan fingerprint density at radius 1 is 1.24 bits per heavy atom. The second-order valence-electron chi connectivity index (χ2n) is 5.53. The second-order valence-corrected chi connectivity index (χ2v) is 8.28. The highest BCUT2D eigenvalue weighted by atomic mass is 35.5. The van der Waals surface area contributed by atoms with E-state index in [2.05, 4.69) is 9.97 Å². The van der Waals surface area contributed by atoms with Crippen LogP contribution in [0.2, 0.25) is 10.0 Å². The van der Waals surface area contributed by atoms with Crippen LogP contribution in [0.15, 0.2) is 23.4 Å². The molecule has 132 valence electrons. The number of aliphatic hydroxyl groups excluding tert-OH is 1. The summed E-state index contributed by atoms with van der Waals surface area (Å²) in [5.74, 6) is -0.456. The Balaban J connectivity index is 2.27. The molecular formula is C15H13Cl2N3O4S. The van der Waals surface area contributed by atoms with Crippen LogP contribution in [0.5, 0.6) is 0 Å². The monoisotopic (exact) mass is 401 g/mol. The van der Waals surface area contributed by atoms with Crippen molar-refractivity contribution in [1.82, 2.24) is 14.9 Å². The summed E-state index contributed by atoms with van der Waals surface area (Å²) in [6.45, 7) is 0.0490. The fourth-order valence-corrected chi connectivity index (χ4v) is 3.59. The van der Waals surface area contributed by atoms with Crippen LogP contribution >= 0.6 is 23.2 Å². The number of rotatable bonds is 4. The van der Waals surface area contributed by atoms with Gasteiger partial charge in [0.05, 0.1) is 23.9 Å². The Bertz CT molecular complexity index is 979. The van der Waals surface area contributed by atoms with E-state index in [4.69, 9.17) is 28.3 Å². The van der Waals surface area contributed by atoms with Crippen LogP contribution in [0.4, 0.5) is 0 Å². The van der Waals surface area contributed by atoms with E-state index in [-0.39, 0.29) is 36.1 Å². The van der Waals surface area contributed by atoms with Crippen LogP contribution in [0.3, 0.4) is 0 Å². The molecule has 1 amide bonds. The SMILES string of the molecule is CS(=O)(=O)c1nc2c(c(-c3ccc(Cl)cc3Cl)n1)CN(CCO)C2=O. The van der Waals surface area contributed by atoms with Gasteiger partial charge in [-0.05, 0) is 18.2 Å². The quantitative estimate of drug-likeness (QED) is 0.783. The van der Waals surface area contributed by atoms with Crippen molar-refractivity contribution in [3.05, 3.63) is 39.5 Å². The molecule has 0 saturated carbocycles. The number of aliphatic hydroxyl groups is 1. The van der Waals surface area contributed by atoms with E-state index >= 15 is 0 Å². The fourth-order valence-electron chi connectivity index (χ4n) is 2.57. The number of carbonyl (C=O) groups is 1. The Morgan fingerprint density at radius 2 is 1.92 bits per heavy atom. The van der Waals surface area contributed by atoms with E-state index in [1.54, 1.807) is 12.1 Å². The highest BCUT2D eigenvalue weighted by Gasteiger charge is 2.34. The number of fused-ring (bicyclic) bond motifs is 1. The summed E-state index contributed by atoms with van der Waals surface area (Å²) in [5.41, 5.74) is 1.19. The molecule has 0 saturated heterocycles. The molecule has 0 fully saturated rings. The summed E-state index contributed by atoms with van der Waals surface area (Å²) < 4.78 is 23.9. The van der Waals surface area contributed by atoms with Crippen molar-refractivity contribution in [2.24, 2.45) is 0 Å². The summed E-state index contributed by atoms with van der Waals surface area (Å²) in [6.07, 6.45) is 0.965. The normalized spacial score (nSPS) is 14.1. The van der Waals surface area contributed by atoms with Crippen LogP contribution in [-0.2, 0) is 16.4 Å². The number of hydrogen-bond acceptors (Lipinski definition) is 6. The minimum absolute atomic E-state index is 0.00453. The third-order valence-corrected chi connectivity index (χ3v) is 5.11. The van der Waals surface area contributed by atoms with Crippen molar-refractivity contribution in [1.29, 1.82) is 0 Å². The average Bonchev–Trinajstić information content (AvgIpc) is 2.83. The van der Waals surface area contributed by atoms with Gasteiger partial charge in [-0.25, -0.2) is 18.4 Å². The van der Waals surface area contributed by atoms with E-state index < -0.39 is 20.9 Å². The average molecular weight is 402 g/mol. The van der Waals surface area contributed by atoms with Gasteiger partial charge in [-0.2, -0.15) is 0 Å². The van der Waals surface area contributed by atoms with Crippen LogP contribution in [-0.4, -0.2) is 53.7 Å². The summed E-state index contributed by atoms with van der Waals surface area (Å²) >= 11 is 12.1. The Labute approximate surface area is 154 Å². The fraction of sp³-hybridized carbons (Fsp3) is 0.267. The zero-order chi connectivity index (χ0) is 18.4. The van der Waals surface area contributed by atoms with Gasteiger partial charge in [-0.3, -0.25) is 4.79 Å². The van der Waals surface area contributed by atoms with Crippen molar-refractivity contribution in [2.45, 2.75) is 11.7 Å². The zero-order valence-corrected chi connectivity index (χ0v) is 15.4. The molecule has 0 atom stereocenters. The molecule has 1 aliphatic heterocycles. The van der Waals surface area contributed by atoms with E-state index in [0.29, 0.717) is 16.1 Å². The molecule has 3 rings (SSSR count). The largest absolute Gasteiger partial charge is 0.395 e. The molecule has 0 radical (unpaired) electrons. The minimum atomic E-state index is -3.74. The first-order valence-electron chi connectivity index (χ1n) is 7.19. The Morgan fingerprint density at radius 3 is 2.52 bits per heavy atom. The van der Waals surface area contributed by atoms with Crippen molar-refractivity contribution >= 4 is 38.9 Å². The topological polar surface area (TPSA) is 100 Å². The van der Waals surface area contributed by atoms with E-state index in [9.17, 15) is 13.2 Å². The number of aromatic nitrogens is 2. The zero-order valence-electron chi connectivity index (χ0n) is 13.0. The van der Waals surface area contributed by atoms with E-state index in [0.717, 1.165) is 6.26 Å². The summed E-state index contributed by atoms with van der Waals surface area (Å²) in [6, 6.07) is 4.72. The van der Waals surface area contributed by atoms with Crippen LogP contribution in [0.1, 0.15) is 16.1 Å². The molecule has 1 aliphatic rings. The first-order valence-corrected chi connectivity index (χ1v) is 9.83. The smallest absolute Gasteiger partial charge is 0.273 e.